The Hall–Kier alpha value is -1.30. The zero-order valence-corrected chi connectivity index (χ0v) is 14.1. The molecule has 1 aromatic rings. The van der Waals surface area contributed by atoms with Crippen LogP contribution in [0, 0.1) is 0 Å². The van der Waals surface area contributed by atoms with E-state index in [0.717, 1.165) is 32.4 Å². The van der Waals surface area contributed by atoms with Crippen molar-refractivity contribution in [3.05, 3.63) is 28.8 Å². The molecule has 1 N–H and O–H groups in total. The van der Waals surface area contributed by atoms with Crippen LogP contribution in [0.3, 0.4) is 0 Å². The molecule has 1 aliphatic heterocycles. The van der Waals surface area contributed by atoms with Crippen molar-refractivity contribution in [2.75, 3.05) is 33.3 Å². The number of carbonyl (C=O) groups is 1. The second-order valence-electron chi connectivity index (χ2n) is 6.24. The number of amides is 1. The highest BCUT2D eigenvalue weighted by Crippen LogP contribution is 2.27. The quantitative estimate of drug-likeness (QED) is 0.916. The summed E-state index contributed by atoms with van der Waals surface area (Å²) in [4.78, 5) is 16.9. The number of rotatable bonds is 3. The largest absolute Gasteiger partial charge is 0.496 e. The molecule has 1 amide bonds. The van der Waals surface area contributed by atoms with Gasteiger partial charge in [0.05, 0.1) is 18.8 Å². The summed E-state index contributed by atoms with van der Waals surface area (Å²) in [5, 5.41) is 10.6. The molecule has 126 valence electrons. The van der Waals surface area contributed by atoms with Crippen molar-refractivity contribution in [2.45, 2.75) is 31.4 Å². The topological polar surface area (TPSA) is 53.0 Å². The Morgan fingerprint density at radius 2 is 2.00 bits per heavy atom. The predicted molar refractivity (Wildman–Crippen MR) is 89.1 cm³/mol. The van der Waals surface area contributed by atoms with Gasteiger partial charge in [0.15, 0.2) is 0 Å². The van der Waals surface area contributed by atoms with Gasteiger partial charge in [-0.15, -0.1) is 0 Å². The molecule has 1 aromatic carbocycles. The first-order valence-electron chi connectivity index (χ1n) is 8.15. The van der Waals surface area contributed by atoms with Gasteiger partial charge in [0.2, 0.25) is 0 Å². The van der Waals surface area contributed by atoms with E-state index < -0.39 is 0 Å². The first-order chi connectivity index (χ1) is 11.1. The van der Waals surface area contributed by atoms with Gasteiger partial charge in [0.25, 0.3) is 5.91 Å². The van der Waals surface area contributed by atoms with Crippen molar-refractivity contribution in [3.8, 4) is 5.75 Å². The summed E-state index contributed by atoms with van der Waals surface area (Å²) in [6, 6.07) is 5.36. The van der Waals surface area contributed by atoms with Gasteiger partial charge in [-0.25, -0.2) is 0 Å². The number of ether oxygens (including phenoxy) is 1. The summed E-state index contributed by atoms with van der Waals surface area (Å²) in [7, 11) is 1.54. The van der Waals surface area contributed by atoms with Crippen molar-refractivity contribution >= 4 is 17.5 Å². The summed E-state index contributed by atoms with van der Waals surface area (Å²) < 4.78 is 5.28. The molecular weight excluding hydrogens is 316 g/mol. The summed E-state index contributed by atoms with van der Waals surface area (Å²) in [5.41, 5.74) is 0.547. The standard InChI is InChI=1S/C17H23ClN2O3/c1-23-16-11-12(18)5-6-13(16)17(22)20-9-7-19(8-10-20)14-3-2-4-15(14)21/h5-6,11,14-15,21H,2-4,7-10H2,1H3. The highest BCUT2D eigenvalue weighted by Gasteiger charge is 2.33. The van der Waals surface area contributed by atoms with Crippen LogP contribution in [0.1, 0.15) is 29.6 Å². The van der Waals surface area contributed by atoms with E-state index in [0.29, 0.717) is 29.4 Å². The van der Waals surface area contributed by atoms with Gasteiger partial charge < -0.3 is 14.7 Å². The van der Waals surface area contributed by atoms with E-state index in [2.05, 4.69) is 4.90 Å². The Balaban J connectivity index is 1.64. The molecule has 2 atom stereocenters. The van der Waals surface area contributed by atoms with Gasteiger partial charge in [-0.1, -0.05) is 11.6 Å². The molecule has 1 aliphatic carbocycles. The second kappa shape index (κ2) is 7.07. The number of halogens is 1. The number of hydrogen-bond donors (Lipinski definition) is 1. The first-order valence-corrected chi connectivity index (χ1v) is 8.53. The first kappa shape index (κ1) is 16.6. The van der Waals surface area contributed by atoms with Crippen molar-refractivity contribution < 1.29 is 14.6 Å². The van der Waals surface area contributed by atoms with Crippen LogP contribution in [0.25, 0.3) is 0 Å². The summed E-state index contributed by atoms with van der Waals surface area (Å²) in [5.74, 6) is 0.487. The van der Waals surface area contributed by atoms with Gasteiger partial charge in [-0.2, -0.15) is 0 Å². The fourth-order valence-electron chi connectivity index (χ4n) is 3.62. The summed E-state index contributed by atoms with van der Waals surface area (Å²) >= 11 is 5.96. The van der Waals surface area contributed by atoms with E-state index >= 15 is 0 Å². The van der Waals surface area contributed by atoms with Crippen LogP contribution < -0.4 is 4.74 Å². The molecule has 23 heavy (non-hydrogen) atoms. The number of aliphatic hydroxyl groups excluding tert-OH is 1. The van der Waals surface area contributed by atoms with Gasteiger partial charge >= 0.3 is 0 Å². The lowest BCUT2D eigenvalue weighted by Crippen LogP contribution is -2.53. The lowest BCUT2D eigenvalue weighted by atomic mass is 10.1. The summed E-state index contributed by atoms with van der Waals surface area (Å²) in [6.45, 7) is 2.97. The fourth-order valence-corrected chi connectivity index (χ4v) is 3.78. The Bertz CT molecular complexity index is 573. The molecule has 3 rings (SSSR count). The fraction of sp³-hybridized carbons (Fsp3) is 0.588. The maximum Gasteiger partial charge on any atom is 0.257 e. The number of aliphatic hydroxyl groups is 1. The molecule has 2 aliphatic rings. The highest BCUT2D eigenvalue weighted by atomic mass is 35.5. The van der Waals surface area contributed by atoms with E-state index in [1.165, 1.54) is 0 Å². The van der Waals surface area contributed by atoms with Crippen LogP contribution >= 0.6 is 11.6 Å². The Morgan fingerprint density at radius 1 is 1.26 bits per heavy atom. The Labute approximate surface area is 141 Å². The van der Waals surface area contributed by atoms with E-state index in [1.54, 1.807) is 25.3 Å². The zero-order valence-electron chi connectivity index (χ0n) is 13.4. The third-order valence-electron chi connectivity index (χ3n) is 4.91. The molecule has 1 saturated heterocycles. The third-order valence-corrected chi connectivity index (χ3v) is 5.14. The molecule has 1 saturated carbocycles. The van der Waals surface area contributed by atoms with E-state index in [1.807, 2.05) is 4.90 Å². The minimum absolute atomic E-state index is 0.0230. The molecular formula is C17H23ClN2O3. The maximum absolute atomic E-state index is 12.7. The van der Waals surface area contributed by atoms with Gasteiger partial charge in [0, 0.05) is 37.2 Å². The van der Waals surface area contributed by atoms with Crippen LogP contribution in [0.2, 0.25) is 5.02 Å². The minimum Gasteiger partial charge on any atom is -0.496 e. The summed E-state index contributed by atoms with van der Waals surface area (Å²) in [6.07, 6.45) is 2.83. The average Bonchev–Trinajstić information content (AvgIpc) is 3.00. The molecule has 5 nitrogen and oxygen atoms in total. The molecule has 0 radical (unpaired) electrons. The SMILES string of the molecule is COc1cc(Cl)ccc1C(=O)N1CCN(C2CCCC2O)CC1. The van der Waals surface area contributed by atoms with E-state index in [4.69, 9.17) is 16.3 Å². The van der Waals surface area contributed by atoms with Crippen LogP contribution in [-0.2, 0) is 0 Å². The molecule has 0 bridgehead atoms. The van der Waals surface area contributed by atoms with Crippen LogP contribution in [0.5, 0.6) is 5.75 Å². The molecule has 0 aromatic heterocycles. The van der Waals surface area contributed by atoms with Crippen LogP contribution in [0.4, 0.5) is 0 Å². The predicted octanol–water partition coefficient (Wildman–Crippen LogP) is 2.02. The van der Waals surface area contributed by atoms with Gasteiger partial charge in [-0.3, -0.25) is 9.69 Å². The molecule has 1 heterocycles. The monoisotopic (exact) mass is 338 g/mol. The minimum atomic E-state index is -0.214. The zero-order chi connectivity index (χ0) is 16.4. The van der Waals surface area contributed by atoms with Crippen LogP contribution in [-0.4, -0.2) is 66.2 Å². The van der Waals surface area contributed by atoms with Crippen LogP contribution in [0.15, 0.2) is 18.2 Å². The van der Waals surface area contributed by atoms with Crippen molar-refractivity contribution in [3.63, 3.8) is 0 Å². The van der Waals surface area contributed by atoms with Crippen molar-refractivity contribution in [1.82, 2.24) is 9.80 Å². The number of benzene rings is 1. The molecule has 0 spiro atoms. The number of methoxy groups -OCH3 is 1. The number of carbonyl (C=O) groups excluding carboxylic acids is 1. The van der Waals surface area contributed by atoms with Crippen molar-refractivity contribution in [1.29, 1.82) is 0 Å². The normalized spacial score (nSPS) is 25.6. The Morgan fingerprint density at radius 3 is 2.61 bits per heavy atom. The maximum atomic E-state index is 12.7. The smallest absolute Gasteiger partial charge is 0.257 e. The number of piperazine rings is 1. The molecule has 2 fully saturated rings. The lowest BCUT2D eigenvalue weighted by molar-refractivity contribution is 0.0314. The third kappa shape index (κ3) is 3.47. The van der Waals surface area contributed by atoms with E-state index in [9.17, 15) is 9.90 Å². The second-order valence-corrected chi connectivity index (χ2v) is 6.67. The molecule has 2 unspecified atom stereocenters. The Kier molecular flexibility index (Phi) is 5.09. The highest BCUT2D eigenvalue weighted by molar-refractivity contribution is 6.30. The number of hydrogen-bond acceptors (Lipinski definition) is 4. The lowest BCUT2D eigenvalue weighted by Gasteiger charge is -2.39. The van der Waals surface area contributed by atoms with Gasteiger partial charge in [0.1, 0.15) is 5.75 Å². The van der Waals surface area contributed by atoms with E-state index in [-0.39, 0.29) is 18.1 Å². The van der Waals surface area contributed by atoms with Gasteiger partial charge in [-0.05, 0) is 37.5 Å². The average molecular weight is 339 g/mol. The number of nitrogens with zero attached hydrogens (tertiary/aromatic N) is 2. The van der Waals surface area contributed by atoms with Crippen molar-refractivity contribution in [2.24, 2.45) is 0 Å². The molecule has 6 heteroatoms.